The number of rotatable bonds is 6. The van der Waals surface area contributed by atoms with Crippen molar-refractivity contribution in [1.29, 1.82) is 0 Å². The first-order chi connectivity index (χ1) is 11.9. The second kappa shape index (κ2) is 9.02. The normalized spacial score (nSPS) is 11.5. The van der Waals surface area contributed by atoms with Crippen LogP contribution >= 0.6 is 23.2 Å². The van der Waals surface area contributed by atoms with Crippen LogP contribution in [-0.2, 0) is 20.1 Å². The number of hydrogen-bond donors (Lipinski definition) is 2. The molecule has 0 aliphatic rings. The Morgan fingerprint density at radius 2 is 1.84 bits per heavy atom. The molecule has 136 valence electrons. The average Bonchev–Trinajstić information content (AvgIpc) is 2.84. The smallest absolute Gasteiger partial charge is 0.191 e. The zero-order valence-electron chi connectivity index (χ0n) is 15.1. The van der Waals surface area contributed by atoms with Crippen molar-refractivity contribution in [1.82, 2.24) is 15.2 Å². The van der Waals surface area contributed by atoms with Gasteiger partial charge in [-0.2, -0.15) is 0 Å². The molecule has 0 radical (unpaired) electrons. The number of aliphatic imine (C=N–C) groups is 1. The van der Waals surface area contributed by atoms with Crippen molar-refractivity contribution in [3.05, 3.63) is 51.8 Å². The summed E-state index contributed by atoms with van der Waals surface area (Å²) in [6.07, 6.45) is 0. The van der Waals surface area contributed by atoms with Gasteiger partial charge in [0.05, 0.1) is 18.1 Å². The van der Waals surface area contributed by atoms with Crippen LogP contribution in [-0.4, -0.2) is 31.2 Å². The zero-order chi connectivity index (χ0) is 18.4. The highest BCUT2D eigenvalue weighted by Crippen LogP contribution is 2.24. The van der Waals surface area contributed by atoms with Gasteiger partial charge < -0.3 is 20.1 Å². The van der Waals surface area contributed by atoms with Crippen LogP contribution in [0.4, 0.5) is 5.69 Å². The lowest BCUT2D eigenvalue weighted by molar-refractivity contribution is 0.752. The summed E-state index contributed by atoms with van der Waals surface area (Å²) in [6, 6.07) is 10.2. The van der Waals surface area contributed by atoms with Crippen molar-refractivity contribution in [3.63, 3.8) is 0 Å². The van der Waals surface area contributed by atoms with Crippen molar-refractivity contribution in [2.45, 2.75) is 20.0 Å². The molecule has 0 saturated carbocycles. The highest BCUT2D eigenvalue weighted by molar-refractivity contribution is 6.41. The van der Waals surface area contributed by atoms with Gasteiger partial charge in [0.2, 0.25) is 0 Å². The lowest BCUT2D eigenvalue weighted by Crippen LogP contribution is -2.37. The topological polar surface area (TPSA) is 44.6 Å². The third-order valence-electron chi connectivity index (χ3n) is 3.87. The second-order valence-electron chi connectivity index (χ2n) is 5.94. The number of benzene rings is 1. The van der Waals surface area contributed by atoms with E-state index in [9.17, 15) is 0 Å². The van der Waals surface area contributed by atoms with Crippen LogP contribution in [0.25, 0.3) is 0 Å². The highest BCUT2D eigenvalue weighted by atomic mass is 35.5. The maximum Gasteiger partial charge on any atom is 0.191 e. The van der Waals surface area contributed by atoms with Gasteiger partial charge in [-0.25, -0.2) is 4.99 Å². The predicted molar refractivity (Wildman–Crippen MR) is 108 cm³/mol. The first-order valence-corrected chi connectivity index (χ1v) is 8.96. The lowest BCUT2D eigenvalue weighted by atomic mass is 10.2. The number of nitrogens with one attached hydrogen (secondary N) is 2. The van der Waals surface area contributed by atoms with Crippen LogP contribution in [0.15, 0.2) is 35.3 Å². The molecular weight excluding hydrogens is 357 g/mol. The summed E-state index contributed by atoms with van der Waals surface area (Å²) in [7, 11) is 5.95. The van der Waals surface area contributed by atoms with E-state index >= 15 is 0 Å². The summed E-state index contributed by atoms with van der Waals surface area (Å²) >= 11 is 12.2. The number of halogens is 2. The van der Waals surface area contributed by atoms with E-state index in [2.05, 4.69) is 44.8 Å². The molecule has 1 aromatic heterocycles. The van der Waals surface area contributed by atoms with E-state index in [1.165, 1.54) is 5.69 Å². The minimum absolute atomic E-state index is 0.543. The number of anilines is 1. The fourth-order valence-electron chi connectivity index (χ4n) is 2.34. The van der Waals surface area contributed by atoms with Crippen LogP contribution in [0.2, 0.25) is 10.2 Å². The van der Waals surface area contributed by atoms with E-state index in [0.717, 1.165) is 23.8 Å². The average molecular weight is 382 g/mol. The SMILES string of the molecule is CCNC(=NCc1ccc(N(C)C)cc1)NCc1cc(Cl)c(Cl)n1C. The predicted octanol–water partition coefficient (Wildman–Crippen LogP) is 3.65. The largest absolute Gasteiger partial charge is 0.378 e. The van der Waals surface area contributed by atoms with Gasteiger partial charge in [-0.3, -0.25) is 0 Å². The number of guanidine groups is 1. The minimum Gasteiger partial charge on any atom is -0.378 e. The molecule has 1 heterocycles. The zero-order valence-corrected chi connectivity index (χ0v) is 16.6. The van der Waals surface area contributed by atoms with E-state index in [-0.39, 0.29) is 0 Å². The number of nitrogens with zero attached hydrogens (tertiary/aromatic N) is 3. The molecule has 0 aliphatic carbocycles. The van der Waals surface area contributed by atoms with Crippen LogP contribution in [0.3, 0.4) is 0 Å². The Labute approximate surface area is 159 Å². The van der Waals surface area contributed by atoms with Gasteiger partial charge >= 0.3 is 0 Å². The molecule has 1 aromatic carbocycles. The van der Waals surface area contributed by atoms with E-state index < -0.39 is 0 Å². The molecule has 25 heavy (non-hydrogen) atoms. The quantitative estimate of drug-likeness (QED) is 0.592. The van der Waals surface area contributed by atoms with Gasteiger partial charge in [-0.15, -0.1) is 0 Å². The second-order valence-corrected chi connectivity index (χ2v) is 6.71. The van der Waals surface area contributed by atoms with E-state index in [1.807, 2.05) is 38.7 Å². The van der Waals surface area contributed by atoms with Crippen molar-refractivity contribution in [3.8, 4) is 0 Å². The Hall–Kier alpha value is -1.85. The Morgan fingerprint density at radius 3 is 2.36 bits per heavy atom. The van der Waals surface area contributed by atoms with Crippen LogP contribution < -0.4 is 15.5 Å². The van der Waals surface area contributed by atoms with Crippen LogP contribution in [0.1, 0.15) is 18.2 Å². The minimum atomic E-state index is 0.543. The molecule has 0 atom stereocenters. The third kappa shape index (κ3) is 5.31. The molecule has 2 N–H and O–H groups in total. The van der Waals surface area contributed by atoms with Crippen LogP contribution in [0.5, 0.6) is 0 Å². The number of hydrogen-bond acceptors (Lipinski definition) is 2. The van der Waals surface area contributed by atoms with Gasteiger partial charge in [0, 0.05) is 39.1 Å². The fraction of sp³-hybridized carbons (Fsp3) is 0.389. The van der Waals surface area contributed by atoms with Gasteiger partial charge in [-0.05, 0) is 30.7 Å². The molecule has 0 unspecified atom stereocenters. The van der Waals surface area contributed by atoms with Gasteiger partial charge in [0.1, 0.15) is 5.15 Å². The molecule has 0 saturated heterocycles. The Kier molecular flexibility index (Phi) is 7.02. The fourth-order valence-corrected chi connectivity index (χ4v) is 2.76. The Morgan fingerprint density at radius 1 is 1.16 bits per heavy atom. The molecule has 2 aromatic rings. The third-order valence-corrected chi connectivity index (χ3v) is 4.71. The molecule has 0 aliphatic heterocycles. The Balaban J connectivity index is 2.01. The van der Waals surface area contributed by atoms with Crippen LogP contribution in [0, 0.1) is 0 Å². The molecule has 0 fully saturated rings. The van der Waals surface area contributed by atoms with Gasteiger partial charge in [0.25, 0.3) is 0 Å². The van der Waals surface area contributed by atoms with E-state index in [4.69, 9.17) is 23.2 Å². The highest BCUT2D eigenvalue weighted by Gasteiger charge is 2.09. The molecule has 0 amide bonds. The summed E-state index contributed by atoms with van der Waals surface area (Å²) in [5.74, 6) is 0.757. The molecule has 0 spiro atoms. The maximum absolute atomic E-state index is 6.10. The van der Waals surface area contributed by atoms with Crippen molar-refractivity contribution in [2.75, 3.05) is 25.5 Å². The summed E-state index contributed by atoms with van der Waals surface area (Å²) < 4.78 is 1.86. The lowest BCUT2D eigenvalue weighted by Gasteiger charge is -2.13. The van der Waals surface area contributed by atoms with Gasteiger partial charge in [0.15, 0.2) is 5.96 Å². The standard InChI is InChI=1S/C18H25Cl2N5/c1-5-21-18(23-12-15-10-16(19)17(20)25(15)4)22-11-13-6-8-14(9-7-13)24(2)3/h6-10H,5,11-12H2,1-4H3,(H2,21,22,23). The van der Waals surface area contributed by atoms with Crippen molar-refractivity contribution < 1.29 is 0 Å². The van der Waals surface area contributed by atoms with Crippen molar-refractivity contribution >= 4 is 34.8 Å². The molecule has 7 heteroatoms. The first kappa shape index (κ1) is 19.5. The summed E-state index contributed by atoms with van der Waals surface area (Å²) in [5, 5.41) is 7.66. The molecule has 5 nitrogen and oxygen atoms in total. The maximum atomic E-state index is 6.10. The van der Waals surface area contributed by atoms with E-state index in [0.29, 0.717) is 23.3 Å². The molecule has 2 rings (SSSR count). The summed E-state index contributed by atoms with van der Waals surface area (Å²) in [6.45, 7) is 4.03. The molecular formula is C18H25Cl2N5. The summed E-state index contributed by atoms with van der Waals surface area (Å²) in [5.41, 5.74) is 3.33. The van der Waals surface area contributed by atoms with E-state index in [1.54, 1.807) is 0 Å². The monoisotopic (exact) mass is 381 g/mol. The summed E-state index contributed by atoms with van der Waals surface area (Å²) in [4.78, 5) is 6.72. The molecule has 0 bridgehead atoms. The number of aromatic nitrogens is 1. The van der Waals surface area contributed by atoms with Crippen molar-refractivity contribution in [2.24, 2.45) is 12.0 Å². The Bertz CT molecular complexity index is 720. The van der Waals surface area contributed by atoms with Gasteiger partial charge in [-0.1, -0.05) is 35.3 Å². The first-order valence-electron chi connectivity index (χ1n) is 8.20.